The van der Waals surface area contributed by atoms with Crippen molar-refractivity contribution in [3.8, 4) is 23.0 Å². The molecule has 4 aromatic rings. The van der Waals surface area contributed by atoms with Crippen LogP contribution in [0.25, 0.3) is 0 Å². The molecule has 16 heteroatoms. The summed E-state index contributed by atoms with van der Waals surface area (Å²) >= 11 is -1.44. The SMILES string of the molecule is C.C.CC(=O)O.CC(C)c1ccc(C=O)c(O)c(=O)c1.CC(C)c1ccc(CO)c(O)c(=O)c1.CCCCCC(O)c1ccc(C(C)C)cc(=O)c1O.CCCCCCc1ccc(C(C)C)cc(=O)c1O.[O]=[Mn]=[O]. The fraction of sp³-hybridized carbons (Fsp3) is 0.483. The van der Waals surface area contributed by atoms with Gasteiger partial charge < -0.3 is 35.7 Å². The first-order valence-electron chi connectivity index (χ1n) is 24.1. The van der Waals surface area contributed by atoms with Gasteiger partial charge in [0.25, 0.3) is 5.97 Å². The van der Waals surface area contributed by atoms with Gasteiger partial charge >= 0.3 is 22.5 Å². The molecule has 0 aliphatic rings. The standard InChI is InChI=1S/C16H24O3.C16H24O2.C11H14O3.C11H12O3.C2H4O2.2CH4.Mn.2O/c1-4-5-6-7-14(17)13-9-8-12(11(2)3)10-15(18)16(13)19;1-4-5-6-7-8-13-9-10-14(12(2)3)11-15(17)16(13)18;2*1-7(2)8-3-4-9(6-12)11(14)10(13)5-8;1-2(3)4;;;;;/h8-11,14,17H,4-7H2,1-3H3,(H,18,19);9-12H,4-8H2,1-3H3,(H,17,18);3-5,7,12H,6H2,1-2H3,(H,13,14);3-7H,1-2H3,(H,13,14);1H3,(H,3,4);2*1H4;;;. The van der Waals surface area contributed by atoms with E-state index in [-0.39, 0.29) is 73.0 Å². The first-order valence-corrected chi connectivity index (χ1v) is 25.1. The minimum atomic E-state index is -1.44. The van der Waals surface area contributed by atoms with Crippen molar-refractivity contribution in [2.45, 2.75) is 185 Å². The molecule has 0 radical (unpaired) electrons. The van der Waals surface area contributed by atoms with Crippen LogP contribution < -0.4 is 21.7 Å². The first kappa shape index (κ1) is 74.5. The molecule has 415 valence electrons. The third-order valence-electron chi connectivity index (χ3n) is 10.8. The molecule has 0 saturated carbocycles. The van der Waals surface area contributed by atoms with E-state index in [4.69, 9.17) is 22.7 Å². The maximum absolute atomic E-state index is 11.8. The number of unbranched alkanes of at least 4 members (excludes halogenated alkanes) is 5. The quantitative estimate of drug-likeness (QED) is 0.0312. The second-order valence-corrected chi connectivity index (χ2v) is 18.2. The minimum absolute atomic E-state index is 0. The number of hydrogen-bond donors (Lipinski definition) is 7. The summed E-state index contributed by atoms with van der Waals surface area (Å²) < 4.78 is 16.8. The van der Waals surface area contributed by atoms with Crippen molar-refractivity contribution in [2.24, 2.45) is 0 Å². The molecular weight excluding hydrogens is 992 g/mol. The molecule has 0 fully saturated rings. The monoisotopic (exact) mass is 1080 g/mol. The summed E-state index contributed by atoms with van der Waals surface area (Å²) in [5, 5.41) is 64.9. The first-order chi connectivity index (χ1) is 33.8. The topological polar surface area (TPSA) is 278 Å². The van der Waals surface area contributed by atoms with Crippen molar-refractivity contribution in [2.75, 3.05) is 0 Å². The van der Waals surface area contributed by atoms with Crippen molar-refractivity contribution in [1.29, 1.82) is 0 Å². The van der Waals surface area contributed by atoms with Crippen LogP contribution in [0.5, 0.6) is 23.0 Å². The van der Waals surface area contributed by atoms with E-state index in [9.17, 15) is 49.5 Å². The molecular formula is C58H86MnO15. The van der Waals surface area contributed by atoms with Crippen LogP contribution in [0.4, 0.5) is 0 Å². The van der Waals surface area contributed by atoms with E-state index in [0.29, 0.717) is 24.2 Å². The fourth-order valence-corrected chi connectivity index (χ4v) is 6.37. The van der Waals surface area contributed by atoms with Crippen molar-refractivity contribution in [1.82, 2.24) is 0 Å². The maximum atomic E-state index is 11.8. The zero-order valence-electron chi connectivity index (χ0n) is 43.7. The van der Waals surface area contributed by atoms with Gasteiger partial charge in [0.2, 0.25) is 21.7 Å². The Morgan fingerprint density at radius 3 is 1.26 bits per heavy atom. The molecule has 1 atom stereocenters. The van der Waals surface area contributed by atoms with Crippen LogP contribution in [0.3, 0.4) is 0 Å². The zero-order chi connectivity index (χ0) is 55.7. The van der Waals surface area contributed by atoms with Gasteiger partial charge in [-0.1, -0.05) is 165 Å². The van der Waals surface area contributed by atoms with E-state index in [1.54, 1.807) is 30.3 Å². The summed E-state index contributed by atoms with van der Waals surface area (Å²) in [7, 11) is 0. The summed E-state index contributed by atoms with van der Waals surface area (Å²) in [5.41, 5.74) is 3.29. The van der Waals surface area contributed by atoms with Gasteiger partial charge in [-0.3, -0.25) is 28.8 Å². The van der Waals surface area contributed by atoms with Crippen LogP contribution in [0.1, 0.15) is 221 Å². The third kappa shape index (κ3) is 29.6. The number of rotatable bonds is 16. The molecule has 7 N–H and O–H groups in total. The molecule has 0 saturated heterocycles. The number of aliphatic carboxylic acids is 1. The Kier molecular flexibility index (Phi) is 41.6. The second-order valence-electron chi connectivity index (χ2n) is 18.0. The van der Waals surface area contributed by atoms with Crippen LogP contribution in [0, 0.1) is 0 Å². The molecule has 4 rings (SSSR count). The van der Waals surface area contributed by atoms with E-state index in [1.807, 2.05) is 73.6 Å². The van der Waals surface area contributed by atoms with Gasteiger partial charge in [0.15, 0.2) is 29.3 Å². The number of aryl methyl sites for hydroxylation is 1. The number of aromatic hydroxyl groups is 4. The Labute approximate surface area is 444 Å². The van der Waals surface area contributed by atoms with E-state index in [0.717, 1.165) is 73.3 Å². The fourth-order valence-electron chi connectivity index (χ4n) is 6.37. The molecule has 74 heavy (non-hydrogen) atoms. The van der Waals surface area contributed by atoms with Crippen molar-refractivity contribution < 1.29 is 67.8 Å². The summed E-state index contributed by atoms with van der Waals surface area (Å²) in [6.45, 7) is 20.9. The van der Waals surface area contributed by atoms with Gasteiger partial charge in [-0.05, 0) is 101 Å². The van der Waals surface area contributed by atoms with Crippen LogP contribution >= 0.6 is 0 Å². The van der Waals surface area contributed by atoms with Crippen LogP contribution in [0.2, 0.25) is 0 Å². The normalized spacial score (nSPS) is 10.3. The molecule has 0 aromatic heterocycles. The van der Waals surface area contributed by atoms with Crippen LogP contribution in [-0.4, -0.2) is 48.0 Å². The summed E-state index contributed by atoms with van der Waals surface area (Å²) in [5.74, 6) is -1.14. The number of carbonyl (C=O) groups is 2. The third-order valence-corrected chi connectivity index (χ3v) is 10.8. The molecule has 0 spiro atoms. The number of aldehydes is 1. The number of aliphatic hydroxyl groups is 2. The van der Waals surface area contributed by atoms with Gasteiger partial charge in [-0.15, -0.1) is 0 Å². The molecule has 15 nitrogen and oxygen atoms in total. The number of carboxylic acid groups (broad SMARTS) is 1. The number of carboxylic acids is 1. The van der Waals surface area contributed by atoms with Gasteiger partial charge in [0.05, 0.1) is 18.3 Å². The number of carbonyl (C=O) groups excluding carboxylic acids is 1. The van der Waals surface area contributed by atoms with E-state index in [2.05, 4.69) is 13.8 Å². The van der Waals surface area contributed by atoms with E-state index in [1.165, 1.54) is 37.1 Å². The molecule has 0 aliphatic heterocycles. The van der Waals surface area contributed by atoms with E-state index < -0.39 is 48.9 Å². The Balaban J connectivity index is -0.000000422. The molecule has 0 amide bonds. The Morgan fingerprint density at radius 2 is 0.878 bits per heavy atom. The predicted molar refractivity (Wildman–Crippen MR) is 290 cm³/mol. The average molecular weight is 1080 g/mol. The molecule has 0 heterocycles. The average Bonchev–Trinajstić information content (AvgIpc) is 3.71. The van der Waals surface area contributed by atoms with Crippen molar-refractivity contribution in [3.05, 3.63) is 158 Å². The predicted octanol–water partition coefficient (Wildman–Crippen LogP) is 11.7. The summed E-state index contributed by atoms with van der Waals surface area (Å²) in [4.78, 5) is 65.8. The summed E-state index contributed by atoms with van der Waals surface area (Å²) in [6, 6.07) is 19.5. The van der Waals surface area contributed by atoms with Gasteiger partial charge in [0, 0.05) is 18.1 Å². The van der Waals surface area contributed by atoms with Gasteiger partial charge in [0.1, 0.15) is 0 Å². The summed E-state index contributed by atoms with van der Waals surface area (Å²) in [6.07, 6.45) is 8.65. The molecule has 0 bridgehead atoms. The van der Waals surface area contributed by atoms with Crippen LogP contribution in [0.15, 0.2) is 92.0 Å². The van der Waals surface area contributed by atoms with Crippen LogP contribution in [-0.2, 0) is 40.3 Å². The number of hydrogen-bond acceptors (Lipinski definition) is 14. The van der Waals surface area contributed by atoms with E-state index >= 15 is 0 Å². The molecule has 0 aliphatic carbocycles. The van der Waals surface area contributed by atoms with Crippen molar-refractivity contribution >= 4 is 12.3 Å². The Hall–Kier alpha value is -6.06. The Bertz CT molecular complexity index is 2570. The zero-order valence-corrected chi connectivity index (χ0v) is 44.9. The Morgan fingerprint density at radius 1 is 0.541 bits per heavy atom. The second kappa shape index (κ2) is 41.3. The van der Waals surface area contributed by atoms with Gasteiger partial charge in [-0.2, -0.15) is 0 Å². The molecule has 4 aromatic carbocycles. The molecule has 1 unspecified atom stereocenters. The number of aliphatic hydroxyl groups excluding tert-OH is 2. The van der Waals surface area contributed by atoms with Crippen molar-refractivity contribution in [3.63, 3.8) is 0 Å². The van der Waals surface area contributed by atoms with Gasteiger partial charge in [-0.25, -0.2) is 0 Å².